The highest BCUT2D eigenvalue weighted by Crippen LogP contribution is 2.11. The third kappa shape index (κ3) is 7.28. The van der Waals surface area contributed by atoms with Crippen LogP contribution >= 0.6 is 0 Å². The number of aryl methyl sites for hydroxylation is 1. The Bertz CT molecular complexity index is 400. The molecule has 118 valence electrons. The number of carbonyl (C=O) groups is 1. The normalized spacial score (nSPS) is 12.1. The fourth-order valence-electron chi connectivity index (χ4n) is 2.29. The first-order chi connectivity index (χ1) is 10.2. The van der Waals surface area contributed by atoms with E-state index in [9.17, 15) is 4.79 Å². The van der Waals surface area contributed by atoms with Crippen molar-refractivity contribution in [2.45, 2.75) is 64.8 Å². The molecule has 0 aliphatic heterocycles. The molecule has 1 aromatic carbocycles. The average Bonchev–Trinajstić information content (AvgIpc) is 2.51. The lowest BCUT2D eigenvalue weighted by molar-refractivity contribution is 0.0922. The minimum absolute atomic E-state index is 0.0398. The molecule has 0 spiro atoms. The molecule has 21 heavy (non-hydrogen) atoms. The van der Waals surface area contributed by atoms with E-state index in [-0.39, 0.29) is 18.6 Å². The molecule has 0 aliphatic rings. The Morgan fingerprint density at radius 3 is 2.33 bits per heavy atom. The summed E-state index contributed by atoms with van der Waals surface area (Å²) in [5.41, 5.74) is 1.94. The minimum Gasteiger partial charge on any atom is -0.394 e. The van der Waals surface area contributed by atoms with Crippen molar-refractivity contribution in [3.63, 3.8) is 0 Å². The Balaban J connectivity index is 2.31. The van der Waals surface area contributed by atoms with Crippen LogP contribution in [-0.2, 0) is 6.42 Å². The molecule has 3 heteroatoms. The Labute approximate surface area is 128 Å². The molecule has 0 heterocycles. The van der Waals surface area contributed by atoms with Crippen molar-refractivity contribution in [2.75, 3.05) is 6.61 Å². The van der Waals surface area contributed by atoms with Crippen LogP contribution in [0.1, 0.15) is 68.3 Å². The van der Waals surface area contributed by atoms with Gasteiger partial charge < -0.3 is 10.4 Å². The Hall–Kier alpha value is -1.35. The molecule has 0 aliphatic carbocycles. The lowest BCUT2D eigenvalue weighted by Crippen LogP contribution is -2.34. The number of carbonyl (C=O) groups excluding carboxylic acids is 1. The fraction of sp³-hybridized carbons (Fsp3) is 0.611. The number of aliphatic hydroxyl groups is 1. The highest BCUT2D eigenvalue weighted by Gasteiger charge is 2.08. The average molecular weight is 291 g/mol. The van der Waals surface area contributed by atoms with E-state index in [1.54, 1.807) is 6.92 Å². The molecular weight excluding hydrogens is 262 g/mol. The van der Waals surface area contributed by atoms with Gasteiger partial charge in [0.25, 0.3) is 5.91 Å². The van der Waals surface area contributed by atoms with Gasteiger partial charge >= 0.3 is 0 Å². The van der Waals surface area contributed by atoms with Crippen molar-refractivity contribution in [3.8, 4) is 0 Å². The molecule has 0 aromatic heterocycles. The molecule has 0 fully saturated rings. The van der Waals surface area contributed by atoms with Crippen LogP contribution in [0.3, 0.4) is 0 Å². The summed E-state index contributed by atoms with van der Waals surface area (Å²) >= 11 is 0. The van der Waals surface area contributed by atoms with Gasteiger partial charge in [-0.15, -0.1) is 0 Å². The number of aliphatic hydroxyl groups excluding tert-OH is 1. The zero-order valence-electron chi connectivity index (χ0n) is 13.4. The van der Waals surface area contributed by atoms with Crippen LogP contribution in [0.2, 0.25) is 0 Å². The van der Waals surface area contributed by atoms with Crippen LogP contribution in [0.15, 0.2) is 24.3 Å². The molecule has 0 saturated carbocycles. The maximum atomic E-state index is 11.9. The number of rotatable bonds is 10. The molecular formula is C18H29NO2. The quantitative estimate of drug-likeness (QED) is 0.646. The fourth-order valence-corrected chi connectivity index (χ4v) is 2.29. The van der Waals surface area contributed by atoms with Gasteiger partial charge in [0.05, 0.1) is 6.61 Å². The summed E-state index contributed by atoms with van der Waals surface area (Å²) < 4.78 is 0. The van der Waals surface area contributed by atoms with Crippen molar-refractivity contribution in [1.82, 2.24) is 5.32 Å². The Morgan fingerprint density at radius 2 is 1.71 bits per heavy atom. The van der Waals surface area contributed by atoms with Crippen molar-refractivity contribution >= 4 is 5.91 Å². The summed E-state index contributed by atoms with van der Waals surface area (Å²) in [5, 5.41) is 11.7. The van der Waals surface area contributed by atoms with Gasteiger partial charge in [-0.3, -0.25) is 4.79 Å². The van der Waals surface area contributed by atoms with Crippen LogP contribution in [-0.4, -0.2) is 23.7 Å². The summed E-state index contributed by atoms with van der Waals surface area (Å²) in [5.74, 6) is -0.123. The molecule has 0 unspecified atom stereocenters. The van der Waals surface area contributed by atoms with E-state index in [4.69, 9.17) is 5.11 Å². The van der Waals surface area contributed by atoms with Crippen LogP contribution < -0.4 is 5.32 Å². The van der Waals surface area contributed by atoms with E-state index in [0.29, 0.717) is 5.56 Å². The van der Waals surface area contributed by atoms with Gasteiger partial charge in [-0.2, -0.15) is 0 Å². The largest absolute Gasteiger partial charge is 0.394 e. The topological polar surface area (TPSA) is 49.3 Å². The first kappa shape index (κ1) is 17.7. The second kappa shape index (κ2) is 10.4. The summed E-state index contributed by atoms with van der Waals surface area (Å²) in [7, 11) is 0. The van der Waals surface area contributed by atoms with Crippen LogP contribution in [0, 0.1) is 0 Å². The first-order valence-electron chi connectivity index (χ1n) is 8.18. The first-order valence-corrected chi connectivity index (χ1v) is 8.18. The number of nitrogens with one attached hydrogen (secondary N) is 1. The SMILES string of the molecule is CCCCCCCCc1ccc(C(=O)N[C@@H](C)CO)cc1. The highest BCUT2D eigenvalue weighted by molar-refractivity contribution is 5.94. The lowest BCUT2D eigenvalue weighted by atomic mass is 10.0. The maximum Gasteiger partial charge on any atom is 0.251 e. The predicted molar refractivity (Wildman–Crippen MR) is 87.5 cm³/mol. The molecule has 2 N–H and O–H groups in total. The number of hydrogen-bond donors (Lipinski definition) is 2. The van der Waals surface area contributed by atoms with E-state index >= 15 is 0 Å². The second-order valence-corrected chi connectivity index (χ2v) is 5.77. The van der Waals surface area contributed by atoms with Crippen molar-refractivity contribution in [3.05, 3.63) is 35.4 Å². The third-order valence-corrected chi connectivity index (χ3v) is 3.69. The van der Waals surface area contributed by atoms with Gasteiger partial charge in [0, 0.05) is 11.6 Å². The molecule has 0 radical (unpaired) electrons. The van der Waals surface area contributed by atoms with E-state index < -0.39 is 0 Å². The number of unbranched alkanes of at least 4 members (excludes halogenated alkanes) is 5. The van der Waals surface area contributed by atoms with Gasteiger partial charge in [0.15, 0.2) is 0 Å². The van der Waals surface area contributed by atoms with Crippen LogP contribution in [0.5, 0.6) is 0 Å². The molecule has 1 atom stereocenters. The summed E-state index contributed by atoms with van der Waals surface area (Å²) in [6.07, 6.45) is 8.90. The molecule has 1 rings (SSSR count). The van der Waals surface area contributed by atoms with Crippen LogP contribution in [0.4, 0.5) is 0 Å². The van der Waals surface area contributed by atoms with E-state index in [0.717, 1.165) is 6.42 Å². The van der Waals surface area contributed by atoms with Gasteiger partial charge in [-0.25, -0.2) is 0 Å². The van der Waals surface area contributed by atoms with Crippen LogP contribution in [0.25, 0.3) is 0 Å². The monoisotopic (exact) mass is 291 g/mol. The van der Waals surface area contributed by atoms with Gasteiger partial charge in [-0.1, -0.05) is 51.2 Å². The Morgan fingerprint density at radius 1 is 1.10 bits per heavy atom. The smallest absolute Gasteiger partial charge is 0.251 e. The third-order valence-electron chi connectivity index (χ3n) is 3.69. The zero-order chi connectivity index (χ0) is 15.5. The zero-order valence-corrected chi connectivity index (χ0v) is 13.4. The molecule has 0 saturated heterocycles. The molecule has 1 aromatic rings. The lowest BCUT2D eigenvalue weighted by Gasteiger charge is -2.11. The van der Waals surface area contributed by atoms with Gasteiger partial charge in [-0.05, 0) is 37.5 Å². The minimum atomic E-state index is -0.208. The van der Waals surface area contributed by atoms with Crippen molar-refractivity contribution in [1.29, 1.82) is 0 Å². The van der Waals surface area contributed by atoms with E-state index in [1.807, 2.05) is 24.3 Å². The number of hydrogen-bond acceptors (Lipinski definition) is 2. The van der Waals surface area contributed by atoms with E-state index in [1.165, 1.54) is 44.1 Å². The Kier molecular flexibility index (Phi) is 8.76. The highest BCUT2D eigenvalue weighted by atomic mass is 16.3. The maximum absolute atomic E-state index is 11.9. The second-order valence-electron chi connectivity index (χ2n) is 5.77. The summed E-state index contributed by atoms with van der Waals surface area (Å²) in [6, 6.07) is 7.59. The van der Waals surface area contributed by atoms with E-state index in [2.05, 4.69) is 12.2 Å². The predicted octanol–water partition coefficient (Wildman–Crippen LogP) is 3.70. The van der Waals surface area contributed by atoms with Gasteiger partial charge in [0.1, 0.15) is 0 Å². The molecule has 3 nitrogen and oxygen atoms in total. The summed E-state index contributed by atoms with van der Waals surface area (Å²) in [4.78, 5) is 11.9. The summed E-state index contributed by atoms with van der Waals surface area (Å²) in [6.45, 7) is 3.98. The molecule has 1 amide bonds. The van der Waals surface area contributed by atoms with Crippen molar-refractivity contribution < 1.29 is 9.90 Å². The number of amides is 1. The van der Waals surface area contributed by atoms with Gasteiger partial charge in [0.2, 0.25) is 0 Å². The number of benzene rings is 1. The standard InChI is InChI=1S/C18H29NO2/c1-3-4-5-6-7-8-9-16-10-12-17(13-11-16)18(21)19-15(2)14-20/h10-13,15,20H,3-9,14H2,1-2H3,(H,19,21)/t15-/m0/s1. The molecule has 0 bridgehead atoms. The van der Waals surface area contributed by atoms with Crippen molar-refractivity contribution in [2.24, 2.45) is 0 Å².